The topological polar surface area (TPSA) is 59.0 Å². The van der Waals surface area contributed by atoms with E-state index < -0.39 is 0 Å². The molecule has 1 amide bonds. The lowest BCUT2D eigenvalue weighted by Gasteiger charge is -2.16. The van der Waals surface area contributed by atoms with E-state index in [4.69, 9.17) is 14.6 Å². The molecule has 1 aliphatic rings. The number of likely N-dealkylation sites (tertiary alicyclic amines) is 1. The van der Waals surface area contributed by atoms with Gasteiger partial charge < -0.3 is 19.5 Å². The first-order valence-corrected chi connectivity index (χ1v) is 6.77. The predicted molar refractivity (Wildman–Crippen MR) is 75.0 cm³/mol. The zero-order valence-corrected chi connectivity index (χ0v) is 12.0. The van der Waals surface area contributed by atoms with E-state index in [0.717, 1.165) is 18.5 Å². The fraction of sp³-hybridized carbons (Fsp3) is 0.533. The highest BCUT2D eigenvalue weighted by molar-refractivity contribution is 5.79. The highest BCUT2D eigenvalue weighted by atomic mass is 16.5. The van der Waals surface area contributed by atoms with Crippen molar-refractivity contribution in [2.45, 2.75) is 12.8 Å². The Hall–Kier alpha value is -1.75. The smallest absolute Gasteiger partial charge is 0.227 e. The standard InChI is InChI=1S/C15H21NO4/c1-19-13-4-3-11(7-14(13)20-2)8-15(18)16-6-5-12(9-16)10-17/h3-4,7,12,17H,5-6,8-10H2,1-2H3. The van der Waals surface area contributed by atoms with Crippen molar-refractivity contribution in [2.24, 2.45) is 5.92 Å². The average molecular weight is 279 g/mol. The Bertz CT molecular complexity index is 475. The minimum absolute atomic E-state index is 0.0909. The van der Waals surface area contributed by atoms with Crippen molar-refractivity contribution >= 4 is 5.91 Å². The summed E-state index contributed by atoms with van der Waals surface area (Å²) in [6.45, 7) is 1.54. The van der Waals surface area contributed by atoms with Crippen LogP contribution in [0.2, 0.25) is 0 Å². The number of carbonyl (C=O) groups excluding carboxylic acids is 1. The molecule has 1 aromatic rings. The molecule has 1 atom stereocenters. The van der Waals surface area contributed by atoms with Crippen LogP contribution in [0, 0.1) is 5.92 Å². The molecule has 110 valence electrons. The lowest BCUT2D eigenvalue weighted by Crippen LogP contribution is -2.30. The Morgan fingerprint density at radius 1 is 1.35 bits per heavy atom. The van der Waals surface area contributed by atoms with E-state index in [1.54, 1.807) is 14.2 Å². The number of aliphatic hydroxyl groups excluding tert-OH is 1. The van der Waals surface area contributed by atoms with Gasteiger partial charge >= 0.3 is 0 Å². The van der Waals surface area contributed by atoms with Gasteiger partial charge in [-0.1, -0.05) is 6.07 Å². The Kier molecular flexibility index (Phi) is 4.84. The van der Waals surface area contributed by atoms with Crippen LogP contribution in [0.1, 0.15) is 12.0 Å². The van der Waals surface area contributed by atoms with Crippen LogP contribution in [0.4, 0.5) is 0 Å². The molecule has 0 radical (unpaired) electrons. The van der Waals surface area contributed by atoms with E-state index in [2.05, 4.69) is 0 Å². The number of hydrogen-bond acceptors (Lipinski definition) is 4. The molecular formula is C15H21NO4. The molecule has 1 N–H and O–H groups in total. The van der Waals surface area contributed by atoms with Crippen molar-refractivity contribution < 1.29 is 19.4 Å². The van der Waals surface area contributed by atoms with Gasteiger partial charge in [-0.25, -0.2) is 0 Å². The number of rotatable bonds is 5. The number of amides is 1. The first kappa shape index (κ1) is 14.7. The first-order chi connectivity index (χ1) is 9.67. The first-order valence-electron chi connectivity index (χ1n) is 6.77. The summed E-state index contributed by atoms with van der Waals surface area (Å²) in [5.74, 6) is 1.61. The summed E-state index contributed by atoms with van der Waals surface area (Å²) in [4.78, 5) is 14.0. The lowest BCUT2D eigenvalue weighted by atomic mass is 10.1. The molecular weight excluding hydrogens is 258 g/mol. The summed E-state index contributed by atoms with van der Waals surface area (Å²) in [6.07, 6.45) is 1.23. The number of aliphatic hydroxyl groups is 1. The van der Waals surface area contributed by atoms with E-state index in [0.29, 0.717) is 24.5 Å². The Labute approximate surface area is 119 Å². The van der Waals surface area contributed by atoms with Gasteiger partial charge in [0.15, 0.2) is 11.5 Å². The Morgan fingerprint density at radius 2 is 2.10 bits per heavy atom. The zero-order chi connectivity index (χ0) is 14.5. The number of methoxy groups -OCH3 is 2. The van der Waals surface area contributed by atoms with Crippen molar-refractivity contribution in [2.75, 3.05) is 33.9 Å². The summed E-state index contributed by atoms with van der Waals surface area (Å²) >= 11 is 0. The van der Waals surface area contributed by atoms with E-state index in [1.165, 1.54) is 0 Å². The molecule has 0 aliphatic carbocycles. The molecule has 5 heteroatoms. The molecule has 1 aromatic carbocycles. The maximum absolute atomic E-state index is 12.2. The summed E-state index contributed by atoms with van der Waals surface area (Å²) in [5, 5.41) is 9.11. The second-order valence-corrected chi connectivity index (χ2v) is 5.04. The normalized spacial score (nSPS) is 18.1. The van der Waals surface area contributed by atoms with Gasteiger partial charge in [-0.3, -0.25) is 4.79 Å². The van der Waals surface area contributed by atoms with Gasteiger partial charge in [-0.05, 0) is 24.1 Å². The molecule has 0 aromatic heterocycles. The van der Waals surface area contributed by atoms with Gasteiger partial charge in [0.05, 0.1) is 20.6 Å². The van der Waals surface area contributed by atoms with Crippen LogP contribution in [-0.2, 0) is 11.2 Å². The van der Waals surface area contributed by atoms with Crippen LogP contribution >= 0.6 is 0 Å². The minimum Gasteiger partial charge on any atom is -0.493 e. The SMILES string of the molecule is COc1ccc(CC(=O)N2CCC(CO)C2)cc1OC. The maximum atomic E-state index is 12.2. The zero-order valence-electron chi connectivity index (χ0n) is 12.0. The number of benzene rings is 1. The van der Waals surface area contributed by atoms with Crippen molar-refractivity contribution in [1.82, 2.24) is 4.90 Å². The third-order valence-electron chi connectivity index (χ3n) is 3.70. The highest BCUT2D eigenvalue weighted by Crippen LogP contribution is 2.28. The van der Waals surface area contributed by atoms with E-state index in [1.807, 2.05) is 23.1 Å². The Morgan fingerprint density at radius 3 is 2.70 bits per heavy atom. The molecule has 20 heavy (non-hydrogen) atoms. The molecule has 0 spiro atoms. The summed E-state index contributed by atoms with van der Waals surface area (Å²) in [7, 11) is 3.16. The quantitative estimate of drug-likeness (QED) is 0.876. The molecule has 1 aliphatic heterocycles. The van der Waals surface area contributed by atoms with Gasteiger partial charge in [0.2, 0.25) is 5.91 Å². The Balaban J connectivity index is 2.01. The van der Waals surface area contributed by atoms with Crippen LogP contribution in [-0.4, -0.2) is 49.8 Å². The summed E-state index contributed by atoms with van der Waals surface area (Å²) < 4.78 is 10.4. The van der Waals surface area contributed by atoms with Gasteiger partial charge in [-0.15, -0.1) is 0 Å². The van der Waals surface area contributed by atoms with Crippen LogP contribution in [0.3, 0.4) is 0 Å². The van der Waals surface area contributed by atoms with Crippen LogP contribution in [0.15, 0.2) is 18.2 Å². The third kappa shape index (κ3) is 3.22. The van der Waals surface area contributed by atoms with E-state index in [-0.39, 0.29) is 18.4 Å². The van der Waals surface area contributed by atoms with Crippen molar-refractivity contribution in [3.8, 4) is 11.5 Å². The fourth-order valence-electron chi connectivity index (χ4n) is 2.49. The van der Waals surface area contributed by atoms with Gasteiger partial charge in [0.1, 0.15) is 0 Å². The van der Waals surface area contributed by atoms with E-state index >= 15 is 0 Å². The number of ether oxygens (including phenoxy) is 2. The molecule has 1 unspecified atom stereocenters. The number of carbonyl (C=O) groups is 1. The maximum Gasteiger partial charge on any atom is 0.227 e. The second-order valence-electron chi connectivity index (χ2n) is 5.04. The summed E-state index contributed by atoms with van der Waals surface area (Å²) in [5.41, 5.74) is 0.903. The highest BCUT2D eigenvalue weighted by Gasteiger charge is 2.25. The molecule has 5 nitrogen and oxygen atoms in total. The minimum atomic E-state index is 0.0909. The largest absolute Gasteiger partial charge is 0.493 e. The second kappa shape index (κ2) is 6.61. The molecule has 0 bridgehead atoms. The van der Waals surface area contributed by atoms with Gasteiger partial charge in [-0.2, -0.15) is 0 Å². The van der Waals surface area contributed by atoms with Crippen molar-refractivity contribution in [1.29, 1.82) is 0 Å². The van der Waals surface area contributed by atoms with Gasteiger partial charge in [0, 0.05) is 25.6 Å². The monoisotopic (exact) mass is 279 g/mol. The summed E-state index contributed by atoms with van der Waals surface area (Å²) in [6, 6.07) is 5.51. The molecule has 1 fully saturated rings. The molecule has 1 heterocycles. The van der Waals surface area contributed by atoms with Gasteiger partial charge in [0.25, 0.3) is 0 Å². The molecule has 0 saturated carbocycles. The van der Waals surface area contributed by atoms with Crippen LogP contribution in [0.5, 0.6) is 11.5 Å². The number of hydrogen-bond donors (Lipinski definition) is 1. The predicted octanol–water partition coefficient (Wildman–Crippen LogP) is 1.09. The van der Waals surface area contributed by atoms with Crippen molar-refractivity contribution in [3.05, 3.63) is 23.8 Å². The van der Waals surface area contributed by atoms with Crippen molar-refractivity contribution in [3.63, 3.8) is 0 Å². The average Bonchev–Trinajstić information content (AvgIpc) is 2.96. The fourth-order valence-corrected chi connectivity index (χ4v) is 2.49. The lowest BCUT2D eigenvalue weighted by molar-refractivity contribution is -0.129. The third-order valence-corrected chi connectivity index (χ3v) is 3.70. The molecule has 2 rings (SSSR count). The van der Waals surface area contributed by atoms with E-state index in [9.17, 15) is 4.79 Å². The number of nitrogens with zero attached hydrogens (tertiary/aromatic N) is 1. The van der Waals surface area contributed by atoms with Crippen LogP contribution in [0.25, 0.3) is 0 Å². The van der Waals surface area contributed by atoms with Crippen LogP contribution < -0.4 is 9.47 Å². The molecule has 1 saturated heterocycles.